The number of amides is 1. The molecule has 0 radical (unpaired) electrons. The summed E-state index contributed by atoms with van der Waals surface area (Å²) < 4.78 is 5.34. The third-order valence-electron chi connectivity index (χ3n) is 3.52. The molecule has 2 atom stereocenters. The number of carbonyl (C=O) groups is 1. The maximum absolute atomic E-state index is 11.9. The number of nitrogens with one attached hydrogen (secondary N) is 1. The van der Waals surface area contributed by atoms with Crippen molar-refractivity contribution in [2.75, 3.05) is 6.61 Å². The molecular weight excluding hydrogens is 288 g/mol. The van der Waals surface area contributed by atoms with Gasteiger partial charge in [-0.2, -0.15) is 0 Å². The topological polar surface area (TPSA) is 64.3 Å². The molecule has 3 N–H and O–H groups in total. The van der Waals surface area contributed by atoms with Crippen molar-refractivity contribution in [3.8, 4) is 0 Å². The highest BCUT2D eigenvalue weighted by atomic mass is 35.5. The molecule has 1 aromatic carbocycles. The van der Waals surface area contributed by atoms with Gasteiger partial charge in [0, 0.05) is 13.2 Å². The van der Waals surface area contributed by atoms with Crippen LogP contribution in [0.25, 0.3) is 0 Å². The molecule has 1 aromatic rings. The molecule has 0 saturated heterocycles. The molecule has 0 saturated carbocycles. The first-order chi connectivity index (χ1) is 9.58. The monoisotopic (exact) mass is 314 g/mol. The van der Waals surface area contributed by atoms with Crippen LogP contribution in [0.1, 0.15) is 38.3 Å². The van der Waals surface area contributed by atoms with E-state index in [9.17, 15) is 4.79 Å². The fourth-order valence-corrected chi connectivity index (χ4v) is 1.79. The van der Waals surface area contributed by atoms with E-state index in [0.717, 1.165) is 17.5 Å². The van der Waals surface area contributed by atoms with Gasteiger partial charge in [0.15, 0.2) is 0 Å². The van der Waals surface area contributed by atoms with Crippen molar-refractivity contribution in [2.24, 2.45) is 11.7 Å². The smallest absolute Gasteiger partial charge is 0.237 e. The lowest BCUT2D eigenvalue weighted by Gasteiger charge is -2.17. The number of rotatable bonds is 8. The molecule has 0 aliphatic rings. The minimum absolute atomic E-state index is 0. The summed E-state index contributed by atoms with van der Waals surface area (Å²) in [4.78, 5) is 11.9. The van der Waals surface area contributed by atoms with Crippen molar-refractivity contribution in [3.63, 3.8) is 0 Å². The van der Waals surface area contributed by atoms with Crippen molar-refractivity contribution < 1.29 is 9.53 Å². The molecule has 5 heteroatoms. The van der Waals surface area contributed by atoms with Gasteiger partial charge in [0.05, 0.1) is 12.6 Å². The summed E-state index contributed by atoms with van der Waals surface area (Å²) in [6.45, 7) is 7.86. The van der Waals surface area contributed by atoms with Crippen LogP contribution in [0.5, 0.6) is 0 Å². The van der Waals surface area contributed by atoms with Crippen LogP contribution in [-0.4, -0.2) is 18.6 Å². The van der Waals surface area contributed by atoms with Crippen molar-refractivity contribution in [2.45, 2.75) is 46.4 Å². The molecule has 2 unspecified atom stereocenters. The average molecular weight is 315 g/mol. The van der Waals surface area contributed by atoms with Crippen LogP contribution in [0.2, 0.25) is 0 Å². The van der Waals surface area contributed by atoms with Crippen molar-refractivity contribution in [1.29, 1.82) is 0 Å². The quantitative estimate of drug-likeness (QED) is 0.775. The van der Waals surface area contributed by atoms with Gasteiger partial charge < -0.3 is 15.8 Å². The third-order valence-corrected chi connectivity index (χ3v) is 3.52. The SMILES string of the molecule is CCOCc1ccc(CNC(=O)C(N)C(C)CC)cc1.Cl. The number of halogens is 1. The van der Waals surface area contributed by atoms with Crippen LogP contribution in [0.4, 0.5) is 0 Å². The second kappa shape index (κ2) is 10.6. The maximum atomic E-state index is 11.9. The summed E-state index contributed by atoms with van der Waals surface area (Å²) in [5.41, 5.74) is 8.09. The number of hydrogen-bond donors (Lipinski definition) is 2. The first-order valence-electron chi connectivity index (χ1n) is 7.27. The number of ether oxygens (including phenoxy) is 1. The lowest BCUT2D eigenvalue weighted by atomic mass is 9.99. The van der Waals surface area contributed by atoms with E-state index in [-0.39, 0.29) is 24.2 Å². The standard InChI is InChI=1S/C16H26N2O2.ClH/c1-4-12(3)15(17)16(19)18-10-13-6-8-14(9-7-13)11-20-5-2;/h6-9,12,15H,4-5,10-11,17H2,1-3H3,(H,18,19);1H. The van der Waals surface area contributed by atoms with Crippen LogP contribution >= 0.6 is 12.4 Å². The van der Waals surface area contributed by atoms with Crippen molar-refractivity contribution in [3.05, 3.63) is 35.4 Å². The summed E-state index contributed by atoms with van der Waals surface area (Å²) in [6.07, 6.45) is 0.903. The van der Waals surface area contributed by atoms with Gasteiger partial charge in [0.2, 0.25) is 5.91 Å². The number of benzene rings is 1. The molecule has 120 valence electrons. The zero-order valence-electron chi connectivity index (χ0n) is 13.1. The first kappa shape index (κ1) is 19.9. The van der Waals surface area contributed by atoms with E-state index in [2.05, 4.69) is 5.32 Å². The lowest BCUT2D eigenvalue weighted by molar-refractivity contribution is -0.123. The number of carbonyl (C=O) groups excluding carboxylic acids is 1. The molecule has 0 aliphatic heterocycles. The Morgan fingerprint density at radius 3 is 2.33 bits per heavy atom. The highest BCUT2D eigenvalue weighted by Gasteiger charge is 2.18. The van der Waals surface area contributed by atoms with Crippen LogP contribution in [-0.2, 0) is 22.7 Å². The Balaban J connectivity index is 0.00000400. The number of nitrogens with two attached hydrogens (primary N) is 1. The Labute approximate surface area is 133 Å². The fourth-order valence-electron chi connectivity index (χ4n) is 1.79. The molecule has 0 spiro atoms. The van der Waals surface area contributed by atoms with Crippen LogP contribution < -0.4 is 11.1 Å². The zero-order valence-corrected chi connectivity index (χ0v) is 13.9. The minimum Gasteiger partial charge on any atom is -0.377 e. The van der Waals surface area contributed by atoms with Gasteiger partial charge in [-0.1, -0.05) is 44.5 Å². The van der Waals surface area contributed by atoms with Gasteiger partial charge in [-0.15, -0.1) is 12.4 Å². The first-order valence-corrected chi connectivity index (χ1v) is 7.27. The fraction of sp³-hybridized carbons (Fsp3) is 0.562. The molecule has 1 rings (SSSR count). The Bertz CT molecular complexity index is 409. The molecule has 0 bridgehead atoms. The molecule has 4 nitrogen and oxygen atoms in total. The summed E-state index contributed by atoms with van der Waals surface area (Å²) >= 11 is 0. The Hall–Kier alpha value is -1.10. The predicted octanol–water partition coefficient (Wildman–Crippen LogP) is 2.63. The van der Waals surface area contributed by atoms with Crippen LogP contribution in [0.3, 0.4) is 0 Å². The van der Waals surface area contributed by atoms with E-state index in [0.29, 0.717) is 19.8 Å². The largest absolute Gasteiger partial charge is 0.377 e. The van der Waals surface area contributed by atoms with E-state index in [1.54, 1.807) is 0 Å². The van der Waals surface area contributed by atoms with E-state index in [1.807, 2.05) is 45.0 Å². The minimum atomic E-state index is -0.433. The molecule has 0 aliphatic carbocycles. The predicted molar refractivity (Wildman–Crippen MR) is 88.3 cm³/mol. The Morgan fingerprint density at radius 1 is 1.24 bits per heavy atom. The van der Waals surface area contributed by atoms with E-state index in [1.165, 1.54) is 0 Å². The van der Waals surface area contributed by atoms with E-state index < -0.39 is 6.04 Å². The summed E-state index contributed by atoms with van der Waals surface area (Å²) in [5.74, 6) is 0.112. The molecule has 0 aromatic heterocycles. The second-order valence-corrected chi connectivity index (χ2v) is 5.08. The van der Waals surface area contributed by atoms with Gasteiger partial charge >= 0.3 is 0 Å². The van der Waals surface area contributed by atoms with Crippen LogP contribution in [0.15, 0.2) is 24.3 Å². The Morgan fingerprint density at radius 2 is 1.81 bits per heavy atom. The van der Waals surface area contributed by atoms with Gasteiger partial charge in [-0.05, 0) is 24.0 Å². The average Bonchev–Trinajstić information content (AvgIpc) is 2.49. The van der Waals surface area contributed by atoms with Crippen molar-refractivity contribution >= 4 is 18.3 Å². The second-order valence-electron chi connectivity index (χ2n) is 5.08. The van der Waals surface area contributed by atoms with Gasteiger partial charge in [-0.25, -0.2) is 0 Å². The molecule has 21 heavy (non-hydrogen) atoms. The van der Waals surface area contributed by atoms with Gasteiger partial charge in [0.1, 0.15) is 0 Å². The van der Waals surface area contributed by atoms with E-state index >= 15 is 0 Å². The van der Waals surface area contributed by atoms with Crippen LogP contribution in [0, 0.1) is 5.92 Å². The summed E-state index contributed by atoms with van der Waals surface area (Å²) in [6, 6.07) is 7.61. The summed E-state index contributed by atoms with van der Waals surface area (Å²) in [7, 11) is 0. The molecule has 1 amide bonds. The molecule has 0 fully saturated rings. The Kier molecular flexibility index (Phi) is 10.0. The van der Waals surface area contributed by atoms with E-state index in [4.69, 9.17) is 10.5 Å². The van der Waals surface area contributed by atoms with Gasteiger partial charge in [-0.3, -0.25) is 4.79 Å². The normalized spacial score (nSPS) is 13.1. The van der Waals surface area contributed by atoms with Gasteiger partial charge in [0.25, 0.3) is 0 Å². The highest BCUT2D eigenvalue weighted by Crippen LogP contribution is 2.07. The zero-order chi connectivity index (χ0) is 15.0. The lowest BCUT2D eigenvalue weighted by Crippen LogP contribution is -2.44. The molecular formula is C16H27ClN2O2. The summed E-state index contributed by atoms with van der Waals surface area (Å²) in [5, 5.41) is 2.88. The molecule has 0 heterocycles. The maximum Gasteiger partial charge on any atom is 0.237 e. The van der Waals surface area contributed by atoms with Crippen molar-refractivity contribution in [1.82, 2.24) is 5.32 Å². The highest BCUT2D eigenvalue weighted by molar-refractivity contribution is 5.85. The number of hydrogen-bond acceptors (Lipinski definition) is 3. The third kappa shape index (κ3) is 6.93.